The fourth-order valence-electron chi connectivity index (χ4n) is 7.99. The van der Waals surface area contributed by atoms with Gasteiger partial charge in [0.15, 0.2) is 35.7 Å². The van der Waals surface area contributed by atoms with E-state index in [1.54, 1.807) is 0 Å². The van der Waals surface area contributed by atoms with Gasteiger partial charge in [0.2, 0.25) is 0 Å². The molecule has 0 unspecified atom stereocenters. The van der Waals surface area contributed by atoms with Crippen molar-refractivity contribution >= 4 is 5.57 Å². The molecule has 12 nitrogen and oxygen atoms in total. The van der Waals surface area contributed by atoms with Crippen LogP contribution >= 0.6 is 0 Å². The van der Waals surface area contributed by atoms with Gasteiger partial charge >= 0.3 is 0 Å². The van der Waals surface area contributed by atoms with Gasteiger partial charge in [0, 0.05) is 0 Å². The Labute approximate surface area is 305 Å². The molecule has 6 aliphatic heterocycles. The fraction of sp³-hybridized carbons (Fsp3) is 0.650. The van der Waals surface area contributed by atoms with Gasteiger partial charge < -0.3 is 56.8 Å². The van der Waals surface area contributed by atoms with Crippen molar-refractivity contribution in [3.05, 3.63) is 77.4 Å². The minimum absolute atomic E-state index is 0.306. The van der Waals surface area contributed by atoms with E-state index in [9.17, 15) is 0 Å². The van der Waals surface area contributed by atoms with Crippen molar-refractivity contribution in [1.29, 1.82) is 0 Å². The summed E-state index contributed by atoms with van der Waals surface area (Å²) in [5.41, 5.74) is 4.84. The van der Waals surface area contributed by atoms with E-state index >= 15 is 0 Å². The van der Waals surface area contributed by atoms with Crippen LogP contribution in [0.3, 0.4) is 0 Å². The lowest BCUT2D eigenvalue weighted by Gasteiger charge is -2.29. The van der Waals surface area contributed by atoms with Crippen LogP contribution in [0.15, 0.2) is 55.1 Å². The summed E-state index contributed by atoms with van der Waals surface area (Å²) in [4.78, 5) is 0. The first-order valence-electron chi connectivity index (χ1n) is 18.3. The summed E-state index contributed by atoms with van der Waals surface area (Å²) in [5.74, 6) is -2.93. The highest BCUT2D eigenvalue weighted by Crippen LogP contribution is 2.44. The summed E-state index contributed by atoms with van der Waals surface area (Å²) in [5, 5.41) is 0. The van der Waals surface area contributed by atoms with E-state index in [2.05, 4.69) is 30.8 Å². The van der Waals surface area contributed by atoms with E-state index in [0.717, 1.165) is 27.8 Å². The molecular formula is C40H52O12. The van der Waals surface area contributed by atoms with E-state index in [1.807, 2.05) is 79.7 Å². The van der Waals surface area contributed by atoms with E-state index in [4.69, 9.17) is 56.8 Å². The molecule has 0 N–H and O–H groups in total. The van der Waals surface area contributed by atoms with E-state index in [0.29, 0.717) is 26.4 Å². The van der Waals surface area contributed by atoms with Crippen molar-refractivity contribution in [2.24, 2.45) is 0 Å². The maximum absolute atomic E-state index is 6.57. The van der Waals surface area contributed by atoms with Gasteiger partial charge in [0.25, 0.3) is 0 Å². The van der Waals surface area contributed by atoms with Gasteiger partial charge in [-0.25, -0.2) is 0 Å². The molecule has 0 aromatic heterocycles. The summed E-state index contributed by atoms with van der Waals surface area (Å²) < 4.78 is 74.4. The van der Waals surface area contributed by atoms with Crippen LogP contribution in [0.4, 0.5) is 0 Å². The highest BCUT2D eigenvalue weighted by Gasteiger charge is 2.60. The van der Waals surface area contributed by atoms with Gasteiger partial charge in [0.1, 0.15) is 48.8 Å². The van der Waals surface area contributed by atoms with E-state index in [-0.39, 0.29) is 12.2 Å². The molecule has 0 amide bonds. The van der Waals surface area contributed by atoms with Gasteiger partial charge in [-0.2, -0.15) is 0 Å². The Bertz CT molecular complexity index is 1520. The molecule has 52 heavy (non-hydrogen) atoms. The fourth-order valence-corrected chi connectivity index (χ4v) is 7.99. The number of hydrogen-bond donors (Lipinski definition) is 0. The summed E-state index contributed by atoms with van der Waals surface area (Å²) in [6, 6.07) is 16.4. The predicted molar refractivity (Wildman–Crippen MR) is 185 cm³/mol. The van der Waals surface area contributed by atoms with Gasteiger partial charge in [-0.3, -0.25) is 0 Å². The Morgan fingerprint density at radius 3 is 1.38 bits per heavy atom. The third kappa shape index (κ3) is 7.51. The maximum atomic E-state index is 6.57. The van der Waals surface area contributed by atoms with E-state index in [1.165, 1.54) is 0 Å². The number of fused-ring (bicyclic) bond motifs is 2. The normalized spacial score (nSPS) is 38.1. The molecule has 0 radical (unpaired) electrons. The Kier molecular flexibility index (Phi) is 9.50. The van der Waals surface area contributed by atoms with Crippen LogP contribution in [0.2, 0.25) is 0 Å². The Hall–Kier alpha value is -2.30. The molecule has 0 spiro atoms. The topological polar surface area (TPSA) is 111 Å². The smallest absolute Gasteiger partial charge is 0.190 e. The van der Waals surface area contributed by atoms with Gasteiger partial charge in [-0.05, 0) is 95.3 Å². The van der Waals surface area contributed by atoms with Crippen LogP contribution in [0, 0.1) is 0 Å². The summed E-state index contributed by atoms with van der Waals surface area (Å²) in [6.45, 7) is 21.1. The zero-order chi connectivity index (χ0) is 36.6. The highest BCUT2D eigenvalue weighted by atomic mass is 16.9. The van der Waals surface area contributed by atoms with Crippen molar-refractivity contribution in [3.8, 4) is 0 Å². The average Bonchev–Trinajstić information content (AvgIpc) is 3.90. The van der Waals surface area contributed by atoms with Crippen LogP contribution in [0.25, 0.3) is 5.57 Å². The molecule has 6 heterocycles. The van der Waals surface area contributed by atoms with Gasteiger partial charge in [0.05, 0.1) is 26.4 Å². The molecule has 2 aromatic carbocycles. The average molecular weight is 725 g/mol. The first-order valence-corrected chi connectivity index (χ1v) is 18.3. The van der Waals surface area contributed by atoms with Crippen LogP contribution in [-0.2, 0) is 70.1 Å². The van der Waals surface area contributed by atoms with Crippen molar-refractivity contribution in [1.82, 2.24) is 0 Å². The lowest BCUT2D eigenvalue weighted by atomic mass is 9.97. The largest absolute Gasteiger partial charge is 0.368 e. The molecule has 12 heteroatoms. The molecule has 6 saturated heterocycles. The summed E-state index contributed by atoms with van der Waals surface area (Å²) in [7, 11) is 0. The molecule has 8 rings (SSSR count). The first kappa shape index (κ1) is 36.7. The summed E-state index contributed by atoms with van der Waals surface area (Å²) >= 11 is 0. The maximum Gasteiger partial charge on any atom is 0.190 e. The molecule has 2 aromatic rings. The Morgan fingerprint density at radius 2 is 1.00 bits per heavy atom. The second-order valence-corrected chi connectivity index (χ2v) is 16.3. The van der Waals surface area contributed by atoms with Crippen LogP contribution < -0.4 is 0 Å². The van der Waals surface area contributed by atoms with Crippen LogP contribution in [0.5, 0.6) is 0 Å². The lowest BCUT2D eigenvalue weighted by molar-refractivity contribution is -0.236. The number of hydrogen-bond acceptors (Lipinski definition) is 12. The third-order valence-electron chi connectivity index (χ3n) is 10.3. The number of benzene rings is 2. The molecule has 284 valence electrons. The molecule has 6 fully saturated rings. The monoisotopic (exact) mass is 724 g/mol. The zero-order valence-electron chi connectivity index (χ0n) is 31.3. The first-order chi connectivity index (χ1) is 24.5. The third-order valence-corrected chi connectivity index (χ3v) is 10.3. The van der Waals surface area contributed by atoms with Gasteiger partial charge in [-0.15, -0.1) is 0 Å². The molecule has 10 atom stereocenters. The summed E-state index contributed by atoms with van der Waals surface area (Å²) in [6.07, 6.45) is -4.12. The SMILES string of the molecule is C=C(c1cccc(CO[C@@H]2[C@H]3OC(C)(C)O[C@H]3O[C@@H]2[C@H]2COC(C)(C)O2)c1)c1cccc(CO[C@@H]2[C@H]3OC(C)(C)O[C@H]3O[C@@H]2[C@H]2COC(C)(C)O2)c1. The Balaban J connectivity index is 0.932. The van der Waals surface area contributed by atoms with Crippen molar-refractivity contribution in [3.63, 3.8) is 0 Å². The lowest BCUT2D eigenvalue weighted by Crippen LogP contribution is -2.44. The van der Waals surface area contributed by atoms with Crippen molar-refractivity contribution in [2.75, 3.05) is 13.2 Å². The molecule has 6 aliphatic rings. The molecule has 0 saturated carbocycles. The molecule has 0 bridgehead atoms. The van der Waals surface area contributed by atoms with Crippen molar-refractivity contribution in [2.45, 2.75) is 153 Å². The van der Waals surface area contributed by atoms with Crippen LogP contribution in [-0.4, -0.2) is 97.8 Å². The predicted octanol–water partition coefficient (Wildman–Crippen LogP) is 5.57. The zero-order valence-corrected chi connectivity index (χ0v) is 31.3. The van der Waals surface area contributed by atoms with Gasteiger partial charge in [-0.1, -0.05) is 43.0 Å². The standard InChI is InChI=1S/C40H52O12/c1-22(25-14-10-12-23(16-25)18-41-31-29(27-20-43-37(2,3)47-27)45-35-33(31)49-39(6,7)51-35)26-15-11-13-24(17-26)19-42-32-30(28-21-44-38(4,5)48-28)46-36-34(32)50-40(8,9)52-36/h10-17,27-36H,1,18-21H2,2-9H3/t27-,28-,29-,30-,31+,32+,33-,34-,35-,36-/m1/s1. The van der Waals surface area contributed by atoms with E-state index < -0.39 is 72.4 Å². The number of ether oxygens (including phenoxy) is 12. The quantitative estimate of drug-likeness (QED) is 0.306. The number of rotatable bonds is 10. The molecular weight excluding hydrogens is 672 g/mol. The highest BCUT2D eigenvalue weighted by molar-refractivity contribution is 5.78. The Morgan fingerprint density at radius 1 is 0.577 bits per heavy atom. The minimum Gasteiger partial charge on any atom is -0.368 e. The van der Waals surface area contributed by atoms with Crippen LogP contribution in [0.1, 0.15) is 77.6 Å². The second-order valence-electron chi connectivity index (χ2n) is 16.3. The second kappa shape index (κ2) is 13.5. The van der Waals surface area contributed by atoms with Crippen molar-refractivity contribution < 1.29 is 56.8 Å². The molecule has 0 aliphatic carbocycles. The minimum atomic E-state index is -0.771.